The van der Waals surface area contributed by atoms with Crippen LogP contribution in [0.15, 0.2) is 162 Å². The number of aromatic nitrogens is 2. The predicted octanol–water partition coefficient (Wildman–Crippen LogP) is 11.4. The maximum atomic E-state index is 6.68. The molecule has 10 aromatic rings. The standard InChI is InChI=1S/C42H26N2O/c1-3-13-28(14-4-1)43-36-20-10-7-17-30(36)31-24-23-27(25-38(31)43)34-26-35-32-18-9-12-22-39(32)45-42(35)40-33-19-8-11-21-37(33)44(41(34)40)29-15-5-2-6-16-29/h1-26H. The molecule has 0 atom stereocenters. The second-order valence-electron chi connectivity index (χ2n) is 11.7. The van der Waals surface area contributed by atoms with E-state index < -0.39 is 0 Å². The Balaban J connectivity index is 1.40. The molecule has 0 N–H and O–H groups in total. The molecule has 0 amide bonds. The fraction of sp³-hybridized carbons (Fsp3) is 0. The molecule has 0 unspecified atom stereocenters. The lowest BCUT2D eigenvalue weighted by Gasteiger charge is -2.13. The summed E-state index contributed by atoms with van der Waals surface area (Å²) in [6.45, 7) is 0. The molecule has 210 valence electrons. The quantitative estimate of drug-likeness (QED) is 0.206. The average molecular weight is 575 g/mol. The van der Waals surface area contributed by atoms with E-state index >= 15 is 0 Å². The van der Waals surface area contributed by atoms with Crippen molar-refractivity contribution >= 4 is 65.6 Å². The number of benzene rings is 7. The Bertz CT molecular complexity index is 2740. The van der Waals surface area contributed by atoms with Gasteiger partial charge in [0.1, 0.15) is 11.2 Å². The summed E-state index contributed by atoms with van der Waals surface area (Å²) in [5, 5.41) is 7.08. The average Bonchev–Trinajstić information content (AvgIpc) is 3.76. The van der Waals surface area contributed by atoms with Crippen LogP contribution in [0, 0.1) is 0 Å². The van der Waals surface area contributed by atoms with Crippen molar-refractivity contribution < 1.29 is 4.42 Å². The Labute approximate surface area is 258 Å². The van der Waals surface area contributed by atoms with Crippen molar-refractivity contribution in [1.82, 2.24) is 9.13 Å². The molecule has 0 saturated carbocycles. The molecule has 0 spiro atoms. The Morgan fingerprint density at radius 3 is 1.73 bits per heavy atom. The second kappa shape index (κ2) is 9.22. The van der Waals surface area contributed by atoms with Crippen molar-refractivity contribution in [3.05, 3.63) is 158 Å². The van der Waals surface area contributed by atoms with E-state index in [4.69, 9.17) is 4.42 Å². The lowest BCUT2D eigenvalue weighted by molar-refractivity contribution is 0.673. The third-order valence-corrected chi connectivity index (χ3v) is 9.29. The molecule has 0 radical (unpaired) electrons. The molecule has 10 rings (SSSR count). The van der Waals surface area contributed by atoms with Crippen LogP contribution in [0.4, 0.5) is 0 Å². The van der Waals surface area contributed by atoms with Gasteiger partial charge in [-0.15, -0.1) is 0 Å². The fourth-order valence-electron chi connectivity index (χ4n) is 7.39. The minimum Gasteiger partial charge on any atom is -0.455 e. The first kappa shape index (κ1) is 24.4. The maximum absolute atomic E-state index is 6.68. The molecular weight excluding hydrogens is 548 g/mol. The number of para-hydroxylation sites is 5. The molecule has 0 fully saturated rings. The van der Waals surface area contributed by atoms with Crippen molar-refractivity contribution in [3.8, 4) is 22.5 Å². The van der Waals surface area contributed by atoms with Gasteiger partial charge in [0.2, 0.25) is 0 Å². The summed E-state index contributed by atoms with van der Waals surface area (Å²) >= 11 is 0. The first-order chi connectivity index (χ1) is 22.3. The summed E-state index contributed by atoms with van der Waals surface area (Å²) < 4.78 is 11.5. The van der Waals surface area contributed by atoms with Crippen LogP contribution in [0.2, 0.25) is 0 Å². The summed E-state index contributed by atoms with van der Waals surface area (Å²) in [6, 6.07) is 56.4. The zero-order valence-electron chi connectivity index (χ0n) is 24.3. The van der Waals surface area contributed by atoms with Gasteiger partial charge in [-0.2, -0.15) is 0 Å². The summed E-state index contributed by atoms with van der Waals surface area (Å²) in [6.07, 6.45) is 0. The van der Waals surface area contributed by atoms with E-state index in [0.29, 0.717) is 0 Å². The highest BCUT2D eigenvalue weighted by Gasteiger charge is 2.23. The Morgan fingerprint density at radius 1 is 0.400 bits per heavy atom. The van der Waals surface area contributed by atoms with Crippen molar-refractivity contribution in [3.63, 3.8) is 0 Å². The molecule has 0 bridgehead atoms. The third-order valence-electron chi connectivity index (χ3n) is 9.29. The van der Waals surface area contributed by atoms with Gasteiger partial charge in [0.05, 0.1) is 27.5 Å². The SMILES string of the molecule is c1ccc(-n2c3ccccc3c3ccc(-c4cc5c6ccccc6oc5c5c6ccccc6n(-c6ccccc6)c45)cc32)cc1. The van der Waals surface area contributed by atoms with Crippen LogP contribution in [-0.4, -0.2) is 9.13 Å². The van der Waals surface area contributed by atoms with Gasteiger partial charge in [-0.3, -0.25) is 0 Å². The van der Waals surface area contributed by atoms with Crippen LogP contribution in [0.3, 0.4) is 0 Å². The van der Waals surface area contributed by atoms with Crippen molar-refractivity contribution in [2.45, 2.75) is 0 Å². The van der Waals surface area contributed by atoms with Gasteiger partial charge >= 0.3 is 0 Å². The summed E-state index contributed by atoms with van der Waals surface area (Å²) in [5.74, 6) is 0. The number of nitrogens with zero attached hydrogens (tertiary/aromatic N) is 2. The van der Waals surface area contributed by atoms with Crippen LogP contribution in [0.25, 0.3) is 88.1 Å². The largest absolute Gasteiger partial charge is 0.455 e. The van der Waals surface area contributed by atoms with E-state index in [1.54, 1.807) is 0 Å². The summed E-state index contributed by atoms with van der Waals surface area (Å²) in [7, 11) is 0. The van der Waals surface area contributed by atoms with Crippen LogP contribution in [-0.2, 0) is 0 Å². The van der Waals surface area contributed by atoms with E-state index in [1.165, 1.54) is 38.3 Å². The predicted molar refractivity (Wildman–Crippen MR) is 188 cm³/mol. The summed E-state index contributed by atoms with van der Waals surface area (Å²) in [5.41, 5.74) is 11.2. The first-order valence-corrected chi connectivity index (χ1v) is 15.4. The minimum atomic E-state index is 0.905. The van der Waals surface area contributed by atoms with Crippen molar-refractivity contribution in [2.75, 3.05) is 0 Å². The molecule has 3 nitrogen and oxygen atoms in total. The zero-order valence-corrected chi connectivity index (χ0v) is 24.3. The van der Waals surface area contributed by atoms with Gasteiger partial charge in [0.15, 0.2) is 0 Å². The van der Waals surface area contributed by atoms with E-state index in [-0.39, 0.29) is 0 Å². The van der Waals surface area contributed by atoms with Gasteiger partial charge in [-0.05, 0) is 60.2 Å². The first-order valence-electron chi connectivity index (χ1n) is 15.4. The smallest absolute Gasteiger partial charge is 0.145 e. The normalized spacial score (nSPS) is 12.0. The lowest BCUT2D eigenvalue weighted by atomic mass is 9.97. The lowest BCUT2D eigenvalue weighted by Crippen LogP contribution is -1.96. The Morgan fingerprint density at radius 2 is 0.978 bits per heavy atom. The van der Waals surface area contributed by atoms with Crippen LogP contribution >= 0.6 is 0 Å². The molecular formula is C42H26N2O. The highest BCUT2D eigenvalue weighted by molar-refractivity contribution is 6.27. The van der Waals surface area contributed by atoms with E-state index in [0.717, 1.165) is 49.7 Å². The molecule has 3 heteroatoms. The number of fused-ring (bicyclic) bond motifs is 10. The minimum absolute atomic E-state index is 0.905. The topological polar surface area (TPSA) is 23.0 Å². The molecule has 0 aliphatic carbocycles. The second-order valence-corrected chi connectivity index (χ2v) is 11.7. The van der Waals surface area contributed by atoms with Crippen molar-refractivity contribution in [2.24, 2.45) is 0 Å². The van der Waals surface area contributed by atoms with Crippen LogP contribution in [0.5, 0.6) is 0 Å². The molecule has 3 aromatic heterocycles. The highest BCUT2D eigenvalue weighted by atomic mass is 16.3. The molecule has 0 aliphatic rings. The Kier molecular flexibility index (Phi) is 5.00. The van der Waals surface area contributed by atoms with Gasteiger partial charge in [0.25, 0.3) is 0 Å². The van der Waals surface area contributed by atoms with Gasteiger partial charge < -0.3 is 13.6 Å². The van der Waals surface area contributed by atoms with Gasteiger partial charge in [-0.1, -0.05) is 103 Å². The van der Waals surface area contributed by atoms with Crippen LogP contribution < -0.4 is 0 Å². The molecule has 0 aliphatic heterocycles. The highest BCUT2D eigenvalue weighted by Crippen LogP contribution is 2.46. The van der Waals surface area contributed by atoms with Gasteiger partial charge in [-0.25, -0.2) is 0 Å². The maximum Gasteiger partial charge on any atom is 0.145 e. The van der Waals surface area contributed by atoms with Crippen LogP contribution in [0.1, 0.15) is 0 Å². The molecule has 3 heterocycles. The van der Waals surface area contributed by atoms with Gasteiger partial charge in [0, 0.05) is 43.9 Å². The van der Waals surface area contributed by atoms with E-state index in [2.05, 4.69) is 161 Å². The fourth-order valence-corrected chi connectivity index (χ4v) is 7.39. The third kappa shape index (κ3) is 3.41. The number of hydrogen-bond acceptors (Lipinski definition) is 1. The number of rotatable bonds is 3. The Hall–Kier alpha value is -6.06. The number of hydrogen-bond donors (Lipinski definition) is 0. The molecule has 7 aromatic carbocycles. The van der Waals surface area contributed by atoms with E-state index in [9.17, 15) is 0 Å². The zero-order chi connectivity index (χ0) is 29.5. The number of furan rings is 1. The van der Waals surface area contributed by atoms with Crippen molar-refractivity contribution in [1.29, 1.82) is 0 Å². The molecule has 45 heavy (non-hydrogen) atoms. The molecule has 0 saturated heterocycles. The monoisotopic (exact) mass is 574 g/mol. The van der Waals surface area contributed by atoms with E-state index in [1.807, 2.05) is 6.07 Å². The summed E-state index contributed by atoms with van der Waals surface area (Å²) in [4.78, 5) is 0.